The van der Waals surface area contributed by atoms with Gasteiger partial charge < -0.3 is 0 Å². The van der Waals surface area contributed by atoms with Crippen LogP contribution in [0, 0.1) is 6.92 Å². The van der Waals surface area contributed by atoms with Crippen LogP contribution in [0.4, 0.5) is 0 Å². The molecule has 42 valence electrons. The summed E-state index contributed by atoms with van der Waals surface area (Å²) in [5, 5.41) is 0. The van der Waals surface area contributed by atoms with Gasteiger partial charge in [-0.05, 0) is 6.92 Å². The maximum absolute atomic E-state index is 5.34. The standard InChI is InChI=1S/C5H8N3/c1-5-4-8(6)3-2-7-5/h2-4H,1H3,(H2,6,7)/q+1. The molecule has 1 heterocycles. The summed E-state index contributed by atoms with van der Waals surface area (Å²) < 4.78 is 1.47. The fourth-order valence-electron chi connectivity index (χ4n) is 0.520. The van der Waals surface area contributed by atoms with Gasteiger partial charge >= 0.3 is 0 Å². The van der Waals surface area contributed by atoms with E-state index in [1.165, 1.54) is 4.68 Å². The van der Waals surface area contributed by atoms with Crippen LogP contribution in [-0.2, 0) is 0 Å². The van der Waals surface area contributed by atoms with Crippen molar-refractivity contribution in [3.05, 3.63) is 24.3 Å². The second kappa shape index (κ2) is 1.78. The molecule has 0 aliphatic carbocycles. The molecule has 8 heavy (non-hydrogen) atoms. The van der Waals surface area contributed by atoms with E-state index in [2.05, 4.69) is 4.98 Å². The number of aryl methyl sites for hydroxylation is 1. The van der Waals surface area contributed by atoms with Gasteiger partial charge in [-0.3, -0.25) is 0 Å². The van der Waals surface area contributed by atoms with Crippen molar-refractivity contribution in [2.24, 2.45) is 0 Å². The van der Waals surface area contributed by atoms with E-state index in [9.17, 15) is 0 Å². The number of aromatic nitrogens is 2. The minimum absolute atomic E-state index is 0.926. The quantitative estimate of drug-likeness (QED) is 0.357. The molecule has 1 aromatic heterocycles. The van der Waals surface area contributed by atoms with Crippen molar-refractivity contribution in [1.82, 2.24) is 4.98 Å². The molecule has 0 fully saturated rings. The van der Waals surface area contributed by atoms with Crippen LogP contribution >= 0.6 is 0 Å². The molecule has 0 spiro atoms. The molecule has 2 N–H and O–H groups in total. The van der Waals surface area contributed by atoms with Crippen molar-refractivity contribution in [1.29, 1.82) is 0 Å². The van der Waals surface area contributed by atoms with Crippen LogP contribution in [-0.4, -0.2) is 4.98 Å². The molecule has 0 aliphatic rings. The first-order chi connectivity index (χ1) is 3.79. The molecule has 1 rings (SSSR count). The summed E-state index contributed by atoms with van der Waals surface area (Å²) in [5.41, 5.74) is 0.926. The lowest BCUT2D eigenvalue weighted by Crippen LogP contribution is -2.43. The van der Waals surface area contributed by atoms with E-state index in [1.807, 2.05) is 6.92 Å². The number of hydrogen-bond acceptors (Lipinski definition) is 2. The first-order valence-electron chi connectivity index (χ1n) is 2.38. The van der Waals surface area contributed by atoms with Crippen LogP contribution < -0.4 is 10.5 Å². The van der Waals surface area contributed by atoms with Gasteiger partial charge in [-0.1, -0.05) is 4.68 Å². The molecule has 0 bridgehead atoms. The molecule has 0 aromatic carbocycles. The van der Waals surface area contributed by atoms with Gasteiger partial charge in [0.25, 0.3) is 0 Å². The number of nitrogens with zero attached hydrogens (tertiary/aromatic N) is 2. The molecule has 0 atom stereocenters. The van der Waals surface area contributed by atoms with Gasteiger partial charge in [-0.15, -0.1) is 0 Å². The van der Waals surface area contributed by atoms with E-state index in [4.69, 9.17) is 5.84 Å². The van der Waals surface area contributed by atoms with Crippen molar-refractivity contribution in [2.75, 3.05) is 5.84 Å². The van der Waals surface area contributed by atoms with E-state index in [0.717, 1.165) is 5.69 Å². The van der Waals surface area contributed by atoms with Gasteiger partial charge in [0.05, 0.1) is 6.20 Å². The summed E-state index contributed by atoms with van der Waals surface area (Å²) in [6.07, 6.45) is 5.10. The lowest BCUT2D eigenvalue weighted by Gasteiger charge is -1.83. The summed E-state index contributed by atoms with van der Waals surface area (Å²) in [6, 6.07) is 0. The third kappa shape index (κ3) is 0.932. The Morgan fingerprint density at radius 3 is 2.88 bits per heavy atom. The number of nitrogens with two attached hydrogens (primary N) is 1. The molecular formula is C5H8N3+. The van der Waals surface area contributed by atoms with Crippen LogP contribution in [0.25, 0.3) is 0 Å². The van der Waals surface area contributed by atoms with Gasteiger partial charge in [0.2, 0.25) is 12.4 Å². The molecule has 1 aromatic rings. The molecule has 3 nitrogen and oxygen atoms in total. The highest BCUT2D eigenvalue weighted by Crippen LogP contribution is 1.78. The molecule has 0 radical (unpaired) electrons. The third-order valence-corrected chi connectivity index (χ3v) is 0.853. The Balaban J connectivity index is 3.08. The van der Waals surface area contributed by atoms with E-state index < -0.39 is 0 Å². The minimum Gasteiger partial charge on any atom is -0.249 e. The van der Waals surface area contributed by atoms with Crippen LogP contribution in [0.3, 0.4) is 0 Å². The molecule has 0 saturated heterocycles. The zero-order valence-corrected chi connectivity index (χ0v) is 4.70. The Labute approximate surface area is 47.8 Å². The fourth-order valence-corrected chi connectivity index (χ4v) is 0.520. The fraction of sp³-hybridized carbons (Fsp3) is 0.200. The maximum atomic E-state index is 5.34. The average Bonchev–Trinajstić information content (AvgIpc) is 1.64. The van der Waals surface area contributed by atoms with Crippen molar-refractivity contribution in [3.63, 3.8) is 0 Å². The Bertz CT molecular complexity index is 168. The largest absolute Gasteiger partial charge is 0.249 e. The lowest BCUT2D eigenvalue weighted by molar-refractivity contribution is -0.639. The number of rotatable bonds is 0. The van der Waals surface area contributed by atoms with Gasteiger partial charge in [0.1, 0.15) is 5.69 Å². The Kier molecular flexibility index (Phi) is 1.12. The summed E-state index contributed by atoms with van der Waals surface area (Å²) in [4.78, 5) is 3.94. The predicted molar refractivity (Wildman–Crippen MR) is 29.3 cm³/mol. The topological polar surface area (TPSA) is 42.8 Å². The molecule has 0 unspecified atom stereocenters. The van der Waals surface area contributed by atoms with Crippen LogP contribution in [0.15, 0.2) is 18.6 Å². The van der Waals surface area contributed by atoms with Crippen LogP contribution in [0.2, 0.25) is 0 Å². The van der Waals surface area contributed by atoms with Crippen molar-refractivity contribution >= 4 is 0 Å². The van der Waals surface area contributed by atoms with E-state index in [0.29, 0.717) is 0 Å². The normalized spacial score (nSPS) is 9.12. The Hall–Kier alpha value is -1.12. The second-order valence-electron chi connectivity index (χ2n) is 1.64. The van der Waals surface area contributed by atoms with Gasteiger partial charge in [0, 0.05) is 0 Å². The molecular weight excluding hydrogens is 102 g/mol. The first-order valence-corrected chi connectivity index (χ1v) is 2.38. The van der Waals surface area contributed by atoms with Crippen LogP contribution in [0.1, 0.15) is 5.69 Å². The number of hydrogen-bond donors (Lipinski definition) is 1. The van der Waals surface area contributed by atoms with Gasteiger partial charge in [-0.25, -0.2) is 10.8 Å². The summed E-state index contributed by atoms with van der Waals surface area (Å²) in [7, 11) is 0. The first kappa shape index (κ1) is 5.03. The molecule has 0 aliphatic heterocycles. The highest BCUT2D eigenvalue weighted by Gasteiger charge is 1.90. The number of nitrogen functional groups attached to an aromatic ring is 1. The van der Waals surface area contributed by atoms with Crippen molar-refractivity contribution in [2.45, 2.75) is 6.92 Å². The van der Waals surface area contributed by atoms with Gasteiger partial charge in [0.15, 0.2) is 0 Å². The zero-order valence-electron chi connectivity index (χ0n) is 4.70. The maximum Gasteiger partial charge on any atom is 0.220 e. The highest BCUT2D eigenvalue weighted by atomic mass is 15.3. The van der Waals surface area contributed by atoms with Gasteiger partial charge in [-0.2, -0.15) is 0 Å². The van der Waals surface area contributed by atoms with Crippen molar-refractivity contribution < 1.29 is 4.68 Å². The SMILES string of the molecule is Cc1c[n+](N)ccn1. The molecule has 0 saturated carbocycles. The second-order valence-corrected chi connectivity index (χ2v) is 1.64. The summed E-state index contributed by atoms with van der Waals surface area (Å²) in [5.74, 6) is 5.34. The monoisotopic (exact) mass is 110 g/mol. The predicted octanol–water partition coefficient (Wildman–Crippen LogP) is -0.609. The highest BCUT2D eigenvalue weighted by molar-refractivity contribution is 4.83. The summed E-state index contributed by atoms with van der Waals surface area (Å²) in [6.45, 7) is 1.89. The zero-order chi connectivity index (χ0) is 5.98. The Morgan fingerprint density at radius 1 is 1.75 bits per heavy atom. The minimum atomic E-state index is 0.926. The average molecular weight is 110 g/mol. The van der Waals surface area contributed by atoms with E-state index >= 15 is 0 Å². The van der Waals surface area contributed by atoms with E-state index in [1.54, 1.807) is 18.6 Å². The van der Waals surface area contributed by atoms with Crippen molar-refractivity contribution in [3.8, 4) is 0 Å². The molecule has 0 amide bonds. The lowest BCUT2D eigenvalue weighted by atomic mass is 10.5. The third-order valence-electron chi connectivity index (χ3n) is 0.853. The van der Waals surface area contributed by atoms with E-state index in [-0.39, 0.29) is 0 Å². The smallest absolute Gasteiger partial charge is 0.220 e. The summed E-state index contributed by atoms with van der Waals surface area (Å²) >= 11 is 0. The molecule has 3 heteroatoms. The Morgan fingerprint density at radius 2 is 2.50 bits per heavy atom. The van der Waals surface area contributed by atoms with Crippen LogP contribution in [0.5, 0.6) is 0 Å².